The Balaban J connectivity index is 2.10. The zero-order valence-corrected chi connectivity index (χ0v) is 10.8. The number of nitrogens with two attached hydrogens (primary N) is 1. The number of aromatic nitrogens is 1. The molecule has 0 bridgehead atoms. The first-order valence-electron chi connectivity index (χ1n) is 6.02. The van der Waals surface area contributed by atoms with Crippen LogP contribution >= 0.6 is 0 Å². The third-order valence-electron chi connectivity index (χ3n) is 2.99. The number of rotatable bonds is 3. The quantitative estimate of drug-likeness (QED) is 0.792. The monoisotopic (exact) mass is 268 g/mol. The van der Waals surface area contributed by atoms with Crippen LogP contribution in [0.1, 0.15) is 10.4 Å². The summed E-state index contributed by atoms with van der Waals surface area (Å²) in [6.45, 7) is 0. The standard InChI is InChI=1S/C15H12N2O3/c1-19-11-5-6-13-12(8-11)17-15(20-13)10-4-2-3-9(7-10)14(16)18/h2-8H,1H3,(H2,16,18). The van der Waals surface area contributed by atoms with Gasteiger partial charge in [-0.15, -0.1) is 0 Å². The first-order valence-corrected chi connectivity index (χ1v) is 6.02. The lowest BCUT2D eigenvalue weighted by molar-refractivity contribution is 0.100. The van der Waals surface area contributed by atoms with Crippen molar-refractivity contribution < 1.29 is 13.9 Å². The van der Waals surface area contributed by atoms with Gasteiger partial charge in [0.1, 0.15) is 11.3 Å². The number of primary amides is 1. The Kier molecular flexibility index (Phi) is 2.87. The summed E-state index contributed by atoms with van der Waals surface area (Å²) in [5.74, 6) is 0.671. The Labute approximate surface area is 115 Å². The highest BCUT2D eigenvalue weighted by molar-refractivity contribution is 5.94. The van der Waals surface area contributed by atoms with E-state index in [1.807, 2.05) is 6.07 Å². The van der Waals surface area contributed by atoms with Crippen molar-refractivity contribution in [1.29, 1.82) is 0 Å². The molecule has 0 radical (unpaired) electrons. The maximum Gasteiger partial charge on any atom is 0.248 e. The van der Waals surface area contributed by atoms with Crippen LogP contribution in [0.25, 0.3) is 22.6 Å². The molecule has 3 aromatic rings. The third-order valence-corrected chi connectivity index (χ3v) is 2.99. The fraction of sp³-hybridized carbons (Fsp3) is 0.0667. The maximum atomic E-state index is 11.2. The van der Waals surface area contributed by atoms with Gasteiger partial charge in [-0.3, -0.25) is 4.79 Å². The van der Waals surface area contributed by atoms with Crippen LogP contribution < -0.4 is 10.5 Å². The molecule has 0 atom stereocenters. The molecule has 1 amide bonds. The van der Waals surface area contributed by atoms with Crippen molar-refractivity contribution in [1.82, 2.24) is 4.98 Å². The first kappa shape index (κ1) is 12.2. The second kappa shape index (κ2) is 4.70. The van der Waals surface area contributed by atoms with Crippen LogP contribution in [0.15, 0.2) is 46.9 Å². The number of ether oxygens (including phenoxy) is 1. The molecular weight excluding hydrogens is 256 g/mol. The van der Waals surface area contributed by atoms with Crippen molar-refractivity contribution in [2.75, 3.05) is 7.11 Å². The minimum absolute atomic E-state index is 0.419. The van der Waals surface area contributed by atoms with E-state index in [0.29, 0.717) is 33.9 Å². The number of amides is 1. The summed E-state index contributed by atoms with van der Waals surface area (Å²) in [5.41, 5.74) is 7.75. The summed E-state index contributed by atoms with van der Waals surface area (Å²) in [4.78, 5) is 15.6. The molecule has 1 aromatic heterocycles. The molecule has 0 aliphatic carbocycles. The van der Waals surface area contributed by atoms with E-state index >= 15 is 0 Å². The lowest BCUT2D eigenvalue weighted by Crippen LogP contribution is -2.10. The number of oxazole rings is 1. The molecule has 0 saturated carbocycles. The zero-order valence-electron chi connectivity index (χ0n) is 10.8. The van der Waals surface area contributed by atoms with Crippen LogP contribution in [0.2, 0.25) is 0 Å². The minimum atomic E-state index is -0.482. The van der Waals surface area contributed by atoms with Gasteiger partial charge in [0.15, 0.2) is 5.58 Å². The SMILES string of the molecule is COc1ccc2oc(-c3cccc(C(N)=O)c3)nc2c1. The highest BCUT2D eigenvalue weighted by Gasteiger charge is 2.10. The van der Waals surface area contributed by atoms with Crippen molar-refractivity contribution in [3.05, 3.63) is 48.0 Å². The van der Waals surface area contributed by atoms with Gasteiger partial charge in [0.05, 0.1) is 7.11 Å². The summed E-state index contributed by atoms with van der Waals surface area (Å²) >= 11 is 0. The van der Waals surface area contributed by atoms with Crippen LogP contribution in [0.4, 0.5) is 0 Å². The van der Waals surface area contributed by atoms with E-state index in [9.17, 15) is 4.79 Å². The number of hydrogen-bond donors (Lipinski definition) is 1. The summed E-state index contributed by atoms with van der Waals surface area (Å²) < 4.78 is 10.8. The molecule has 0 unspecified atom stereocenters. The molecule has 1 heterocycles. The highest BCUT2D eigenvalue weighted by atomic mass is 16.5. The Hall–Kier alpha value is -2.82. The number of carbonyl (C=O) groups excluding carboxylic acids is 1. The fourth-order valence-corrected chi connectivity index (χ4v) is 1.96. The average molecular weight is 268 g/mol. The molecule has 3 rings (SSSR count). The van der Waals surface area contributed by atoms with Gasteiger partial charge >= 0.3 is 0 Å². The predicted octanol–water partition coefficient (Wildman–Crippen LogP) is 2.60. The smallest absolute Gasteiger partial charge is 0.248 e. The number of hydrogen-bond acceptors (Lipinski definition) is 4. The van der Waals surface area contributed by atoms with Crippen molar-refractivity contribution in [3.8, 4) is 17.2 Å². The second-order valence-corrected chi connectivity index (χ2v) is 4.30. The summed E-state index contributed by atoms with van der Waals surface area (Å²) in [5, 5.41) is 0. The van der Waals surface area contributed by atoms with Crippen LogP contribution in [-0.4, -0.2) is 18.0 Å². The predicted molar refractivity (Wildman–Crippen MR) is 74.5 cm³/mol. The van der Waals surface area contributed by atoms with E-state index in [0.717, 1.165) is 0 Å². The molecule has 0 saturated heterocycles. The van der Waals surface area contributed by atoms with E-state index in [1.54, 1.807) is 43.5 Å². The highest BCUT2D eigenvalue weighted by Crippen LogP contribution is 2.27. The van der Waals surface area contributed by atoms with Gasteiger partial charge in [0.2, 0.25) is 11.8 Å². The van der Waals surface area contributed by atoms with Crippen LogP contribution in [0.5, 0.6) is 5.75 Å². The molecule has 2 N–H and O–H groups in total. The lowest BCUT2D eigenvalue weighted by Gasteiger charge is -1.98. The number of nitrogens with zero attached hydrogens (tertiary/aromatic N) is 1. The molecule has 20 heavy (non-hydrogen) atoms. The fourth-order valence-electron chi connectivity index (χ4n) is 1.96. The van der Waals surface area contributed by atoms with E-state index in [4.69, 9.17) is 14.9 Å². The van der Waals surface area contributed by atoms with Gasteiger partial charge in [-0.05, 0) is 30.3 Å². The van der Waals surface area contributed by atoms with Gasteiger partial charge in [-0.25, -0.2) is 4.98 Å². The van der Waals surface area contributed by atoms with Crippen molar-refractivity contribution in [3.63, 3.8) is 0 Å². The molecule has 0 aliphatic rings. The van der Waals surface area contributed by atoms with Gasteiger partial charge in [0.25, 0.3) is 0 Å². The Bertz CT molecular complexity index is 793. The summed E-state index contributed by atoms with van der Waals surface area (Å²) in [6, 6.07) is 12.3. The van der Waals surface area contributed by atoms with Crippen molar-refractivity contribution in [2.24, 2.45) is 5.73 Å². The number of benzene rings is 2. The largest absolute Gasteiger partial charge is 0.497 e. The molecule has 0 spiro atoms. The molecule has 5 nitrogen and oxygen atoms in total. The topological polar surface area (TPSA) is 78.4 Å². The second-order valence-electron chi connectivity index (χ2n) is 4.30. The molecule has 0 fully saturated rings. The van der Waals surface area contributed by atoms with E-state index < -0.39 is 5.91 Å². The normalized spacial score (nSPS) is 10.7. The van der Waals surface area contributed by atoms with Crippen LogP contribution in [0, 0.1) is 0 Å². The molecule has 2 aromatic carbocycles. The molecular formula is C15H12N2O3. The van der Waals surface area contributed by atoms with Crippen molar-refractivity contribution >= 4 is 17.0 Å². The van der Waals surface area contributed by atoms with Gasteiger partial charge in [-0.2, -0.15) is 0 Å². The van der Waals surface area contributed by atoms with Crippen LogP contribution in [-0.2, 0) is 0 Å². The molecule has 5 heteroatoms. The minimum Gasteiger partial charge on any atom is -0.497 e. The molecule has 100 valence electrons. The lowest BCUT2D eigenvalue weighted by atomic mass is 10.1. The van der Waals surface area contributed by atoms with E-state index in [2.05, 4.69) is 4.98 Å². The first-order chi connectivity index (χ1) is 9.67. The zero-order chi connectivity index (χ0) is 14.1. The Morgan fingerprint density at radius 1 is 1.25 bits per heavy atom. The Morgan fingerprint density at radius 3 is 2.85 bits per heavy atom. The Morgan fingerprint density at radius 2 is 2.10 bits per heavy atom. The average Bonchev–Trinajstić information content (AvgIpc) is 2.90. The van der Waals surface area contributed by atoms with Gasteiger partial charge < -0.3 is 14.9 Å². The van der Waals surface area contributed by atoms with Crippen LogP contribution in [0.3, 0.4) is 0 Å². The summed E-state index contributed by atoms with van der Waals surface area (Å²) in [7, 11) is 1.60. The number of carbonyl (C=O) groups is 1. The van der Waals surface area contributed by atoms with Crippen molar-refractivity contribution in [2.45, 2.75) is 0 Å². The summed E-state index contributed by atoms with van der Waals surface area (Å²) in [6.07, 6.45) is 0. The number of fused-ring (bicyclic) bond motifs is 1. The van der Waals surface area contributed by atoms with E-state index in [1.165, 1.54) is 0 Å². The molecule has 0 aliphatic heterocycles. The van der Waals surface area contributed by atoms with Gasteiger partial charge in [0, 0.05) is 17.2 Å². The maximum absolute atomic E-state index is 11.2. The number of methoxy groups -OCH3 is 1. The third kappa shape index (κ3) is 2.09. The van der Waals surface area contributed by atoms with E-state index in [-0.39, 0.29) is 0 Å². The van der Waals surface area contributed by atoms with Gasteiger partial charge in [-0.1, -0.05) is 6.07 Å².